The molecule has 0 spiro atoms. The average molecular weight is 561 g/mol. The molecule has 1 aliphatic rings. The van der Waals surface area contributed by atoms with Crippen molar-refractivity contribution in [2.75, 3.05) is 27.9 Å². The number of esters is 1. The lowest BCUT2D eigenvalue weighted by atomic mass is 9.90. The maximum Gasteiger partial charge on any atom is 0.338 e. The van der Waals surface area contributed by atoms with Gasteiger partial charge >= 0.3 is 5.97 Å². The van der Waals surface area contributed by atoms with E-state index in [1.54, 1.807) is 39.2 Å². The number of carbonyl (C=O) groups is 1. The van der Waals surface area contributed by atoms with Crippen molar-refractivity contribution in [1.82, 2.24) is 4.57 Å². The Morgan fingerprint density at radius 1 is 1.05 bits per heavy atom. The van der Waals surface area contributed by atoms with E-state index in [0.717, 1.165) is 10.8 Å². The van der Waals surface area contributed by atoms with Crippen LogP contribution in [0.15, 0.2) is 69.6 Å². The first-order valence-corrected chi connectivity index (χ1v) is 13.3. The molecular weight excluding hydrogens is 532 g/mol. The number of aromatic hydroxyl groups is 1. The first-order valence-electron chi connectivity index (χ1n) is 12.5. The van der Waals surface area contributed by atoms with Crippen molar-refractivity contribution < 1.29 is 28.8 Å². The third-order valence-electron chi connectivity index (χ3n) is 6.74. The van der Waals surface area contributed by atoms with Gasteiger partial charge in [-0.15, -0.1) is 0 Å². The number of thiazole rings is 1. The van der Waals surface area contributed by atoms with Gasteiger partial charge in [-0.25, -0.2) is 9.79 Å². The molecule has 0 radical (unpaired) electrons. The number of allylic oxidation sites excluding steroid dienone is 1. The average Bonchev–Trinajstić information content (AvgIpc) is 3.26. The maximum atomic E-state index is 14.1. The Kier molecular flexibility index (Phi) is 7.36. The number of phenols is 1. The van der Waals surface area contributed by atoms with Gasteiger partial charge in [-0.1, -0.05) is 41.7 Å². The standard InChI is InChI=1S/C30H28N2O7S/c1-6-39-29(35)24-16(2)31-30-32(26(24)25-19-10-8-7-9-18(19)11-12-20(25)36-3)28(34)23(40-30)15-17-13-21(37-4)27(33)22(14-17)38-5/h7-15,26,33H,6H2,1-5H3/b23-15+/t26-/m0/s1. The molecule has 1 N–H and O–H groups in total. The molecule has 40 heavy (non-hydrogen) atoms. The molecule has 0 saturated carbocycles. The topological polar surface area (TPSA) is 109 Å². The Labute approximate surface area is 233 Å². The molecule has 5 rings (SSSR count). The zero-order chi connectivity index (χ0) is 28.6. The highest BCUT2D eigenvalue weighted by Gasteiger charge is 2.36. The summed E-state index contributed by atoms with van der Waals surface area (Å²) in [6.07, 6.45) is 1.68. The van der Waals surface area contributed by atoms with E-state index in [0.29, 0.717) is 31.9 Å². The Morgan fingerprint density at radius 3 is 2.38 bits per heavy atom. The number of fused-ring (bicyclic) bond motifs is 2. The fraction of sp³-hybridized carbons (Fsp3) is 0.233. The zero-order valence-electron chi connectivity index (χ0n) is 22.7. The van der Waals surface area contributed by atoms with Crippen molar-refractivity contribution >= 4 is 34.2 Å². The number of phenolic OH excluding ortho intramolecular Hbond substituents is 1. The summed E-state index contributed by atoms with van der Waals surface area (Å²) in [6.45, 7) is 3.64. The first-order chi connectivity index (χ1) is 19.3. The predicted octanol–water partition coefficient (Wildman–Crippen LogP) is 3.68. The third-order valence-corrected chi connectivity index (χ3v) is 7.72. The monoisotopic (exact) mass is 560 g/mol. The van der Waals surface area contributed by atoms with Gasteiger partial charge in [0.15, 0.2) is 16.3 Å². The molecule has 1 atom stereocenters. The second kappa shape index (κ2) is 10.9. The number of ether oxygens (including phenoxy) is 4. The van der Waals surface area contributed by atoms with Crippen molar-refractivity contribution in [1.29, 1.82) is 0 Å². The molecule has 9 nitrogen and oxygen atoms in total. The number of benzene rings is 3. The number of methoxy groups -OCH3 is 3. The van der Waals surface area contributed by atoms with Crippen LogP contribution in [-0.2, 0) is 9.53 Å². The van der Waals surface area contributed by atoms with Crippen LogP contribution in [-0.4, -0.2) is 43.6 Å². The summed E-state index contributed by atoms with van der Waals surface area (Å²) < 4.78 is 23.7. The largest absolute Gasteiger partial charge is 0.502 e. The fourth-order valence-corrected chi connectivity index (χ4v) is 6.00. The lowest BCUT2D eigenvalue weighted by molar-refractivity contribution is -0.139. The molecule has 3 aromatic carbocycles. The van der Waals surface area contributed by atoms with Crippen molar-refractivity contribution in [3.05, 3.63) is 90.6 Å². The van der Waals surface area contributed by atoms with Gasteiger partial charge in [-0.05, 0) is 54.5 Å². The molecule has 206 valence electrons. The van der Waals surface area contributed by atoms with E-state index in [1.807, 2.05) is 36.4 Å². The van der Waals surface area contributed by atoms with Gasteiger partial charge in [-0.3, -0.25) is 9.36 Å². The molecule has 1 aliphatic heterocycles. The smallest absolute Gasteiger partial charge is 0.338 e. The molecule has 0 unspecified atom stereocenters. The lowest BCUT2D eigenvalue weighted by Gasteiger charge is -2.27. The minimum absolute atomic E-state index is 0.138. The number of hydrogen-bond acceptors (Lipinski definition) is 9. The fourth-order valence-electron chi connectivity index (χ4n) is 4.95. The van der Waals surface area contributed by atoms with Crippen LogP contribution in [0.25, 0.3) is 16.8 Å². The van der Waals surface area contributed by atoms with E-state index in [4.69, 9.17) is 18.9 Å². The summed E-state index contributed by atoms with van der Waals surface area (Å²) in [4.78, 5) is 32.6. The lowest BCUT2D eigenvalue weighted by Crippen LogP contribution is -2.40. The highest BCUT2D eigenvalue weighted by atomic mass is 32.1. The number of carbonyl (C=O) groups excluding carboxylic acids is 1. The van der Waals surface area contributed by atoms with Crippen molar-refractivity contribution in [2.45, 2.75) is 19.9 Å². The van der Waals surface area contributed by atoms with Gasteiger partial charge in [0, 0.05) is 5.56 Å². The van der Waals surface area contributed by atoms with Crippen LogP contribution in [0.4, 0.5) is 0 Å². The van der Waals surface area contributed by atoms with Crippen LogP contribution in [0, 0.1) is 0 Å². The molecule has 0 amide bonds. The second-order valence-corrected chi connectivity index (χ2v) is 9.99. The minimum atomic E-state index is -0.845. The number of nitrogens with zero attached hydrogens (tertiary/aromatic N) is 2. The van der Waals surface area contributed by atoms with Crippen molar-refractivity contribution in [3.63, 3.8) is 0 Å². The molecule has 1 aromatic heterocycles. The van der Waals surface area contributed by atoms with Crippen LogP contribution in [0.1, 0.15) is 31.0 Å². The Bertz CT molecular complexity index is 1830. The predicted molar refractivity (Wildman–Crippen MR) is 152 cm³/mol. The van der Waals surface area contributed by atoms with Crippen LogP contribution in [0.2, 0.25) is 0 Å². The Balaban J connectivity index is 1.83. The van der Waals surface area contributed by atoms with Crippen LogP contribution < -0.4 is 29.1 Å². The van der Waals surface area contributed by atoms with Gasteiger partial charge < -0.3 is 24.1 Å². The van der Waals surface area contributed by atoms with Crippen molar-refractivity contribution in [2.24, 2.45) is 4.99 Å². The molecule has 0 saturated heterocycles. The summed E-state index contributed by atoms with van der Waals surface area (Å²) in [5.74, 6) is 0.254. The third kappa shape index (κ3) is 4.50. The van der Waals surface area contributed by atoms with Crippen LogP contribution in [0.5, 0.6) is 23.0 Å². The van der Waals surface area contributed by atoms with Gasteiger partial charge in [0.2, 0.25) is 5.75 Å². The minimum Gasteiger partial charge on any atom is -0.502 e. The van der Waals surface area contributed by atoms with E-state index in [9.17, 15) is 14.7 Å². The number of aromatic nitrogens is 1. The Hall–Kier alpha value is -4.57. The van der Waals surface area contributed by atoms with Gasteiger partial charge in [-0.2, -0.15) is 0 Å². The SMILES string of the molecule is CCOC(=O)C1=C(C)N=c2s/c(=C/c3cc(OC)c(O)c(OC)c3)c(=O)n2[C@@H]1c1c(OC)ccc2ccccc12. The summed E-state index contributed by atoms with van der Waals surface area (Å²) in [5.41, 5.74) is 1.63. The molecule has 10 heteroatoms. The van der Waals surface area contributed by atoms with E-state index in [-0.39, 0.29) is 35.0 Å². The number of hydrogen-bond donors (Lipinski definition) is 1. The maximum absolute atomic E-state index is 14.1. The zero-order valence-corrected chi connectivity index (χ0v) is 23.5. The number of rotatable bonds is 7. The quantitative estimate of drug-likeness (QED) is 0.344. The van der Waals surface area contributed by atoms with Gasteiger partial charge in [0.1, 0.15) is 11.8 Å². The van der Waals surface area contributed by atoms with Crippen LogP contribution in [0.3, 0.4) is 0 Å². The van der Waals surface area contributed by atoms with Gasteiger partial charge in [0.25, 0.3) is 5.56 Å². The van der Waals surface area contributed by atoms with E-state index < -0.39 is 12.0 Å². The summed E-state index contributed by atoms with van der Waals surface area (Å²) >= 11 is 1.19. The first kappa shape index (κ1) is 27.0. The van der Waals surface area contributed by atoms with E-state index >= 15 is 0 Å². The highest BCUT2D eigenvalue weighted by molar-refractivity contribution is 7.07. The molecule has 0 bridgehead atoms. The normalized spacial score (nSPS) is 15.0. The molecule has 2 heterocycles. The molecule has 4 aromatic rings. The van der Waals surface area contributed by atoms with Gasteiger partial charge in [0.05, 0.1) is 43.7 Å². The molecular formula is C30H28N2O7S. The summed E-state index contributed by atoms with van der Waals surface area (Å²) in [6, 6.07) is 13.9. The highest BCUT2D eigenvalue weighted by Crippen LogP contribution is 2.40. The second-order valence-electron chi connectivity index (χ2n) is 8.98. The molecule has 0 fully saturated rings. The van der Waals surface area contributed by atoms with E-state index in [2.05, 4.69) is 4.99 Å². The Morgan fingerprint density at radius 2 is 1.73 bits per heavy atom. The van der Waals surface area contributed by atoms with Crippen LogP contribution >= 0.6 is 11.3 Å². The van der Waals surface area contributed by atoms with Crippen molar-refractivity contribution in [3.8, 4) is 23.0 Å². The van der Waals surface area contributed by atoms with E-state index in [1.165, 1.54) is 30.1 Å². The summed E-state index contributed by atoms with van der Waals surface area (Å²) in [7, 11) is 4.43. The molecule has 0 aliphatic carbocycles. The summed E-state index contributed by atoms with van der Waals surface area (Å²) in [5, 5.41) is 12.1.